The fourth-order valence-electron chi connectivity index (χ4n) is 1.52. The molecule has 0 spiro atoms. The highest BCUT2D eigenvalue weighted by Gasteiger charge is 2.13. The molecule has 2 aromatic rings. The Morgan fingerprint density at radius 3 is 2.37 bits per heavy atom. The van der Waals surface area contributed by atoms with Gasteiger partial charge in [-0.3, -0.25) is 4.72 Å². The van der Waals surface area contributed by atoms with Gasteiger partial charge in [-0.1, -0.05) is 22.0 Å². The van der Waals surface area contributed by atoms with Gasteiger partial charge in [0.15, 0.2) is 0 Å². The van der Waals surface area contributed by atoms with Gasteiger partial charge in [0.05, 0.1) is 4.90 Å². The molecule has 0 radical (unpaired) electrons. The SMILES string of the molecule is CSc1ccc(S(=O)(=O)Nc2cccc(Br)c2)cc1. The van der Waals surface area contributed by atoms with Crippen molar-refractivity contribution in [3.05, 3.63) is 53.0 Å². The van der Waals surface area contributed by atoms with Crippen LogP contribution in [0.4, 0.5) is 5.69 Å². The summed E-state index contributed by atoms with van der Waals surface area (Å²) in [5.74, 6) is 0. The van der Waals surface area contributed by atoms with Crippen LogP contribution >= 0.6 is 27.7 Å². The second-order valence-electron chi connectivity index (χ2n) is 3.79. The molecule has 0 aliphatic heterocycles. The average molecular weight is 358 g/mol. The lowest BCUT2D eigenvalue weighted by Crippen LogP contribution is -2.12. The van der Waals surface area contributed by atoms with Crippen molar-refractivity contribution < 1.29 is 8.42 Å². The third-order valence-corrected chi connectivity index (χ3v) is 5.08. The first kappa shape index (κ1) is 14.4. The van der Waals surface area contributed by atoms with Crippen LogP contribution in [0.5, 0.6) is 0 Å². The van der Waals surface area contributed by atoms with E-state index in [1.54, 1.807) is 54.2 Å². The third-order valence-electron chi connectivity index (χ3n) is 2.45. The van der Waals surface area contributed by atoms with Gasteiger partial charge in [-0.05, 0) is 48.7 Å². The number of sulfonamides is 1. The lowest BCUT2D eigenvalue weighted by atomic mass is 10.3. The van der Waals surface area contributed by atoms with Gasteiger partial charge in [0.2, 0.25) is 0 Å². The van der Waals surface area contributed by atoms with Crippen molar-refractivity contribution in [2.75, 3.05) is 11.0 Å². The molecule has 0 saturated carbocycles. The molecular weight excluding hydrogens is 346 g/mol. The minimum Gasteiger partial charge on any atom is -0.280 e. The van der Waals surface area contributed by atoms with Crippen molar-refractivity contribution in [2.24, 2.45) is 0 Å². The molecule has 0 heterocycles. The molecule has 0 atom stereocenters. The Morgan fingerprint density at radius 1 is 1.11 bits per heavy atom. The van der Waals surface area contributed by atoms with Gasteiger partial charge in [0.1, 0.15) is 0 Å². The highest BCUT2D eigenvalue weighted by Crippen LogP contribution is 2.21. The molecule has 0 aliphatic rings. The standard InChI is InChI=1S/C13H12BrNO2S2/c1-18-12-5-7-13(8-6-12)19(16,17)15-11-4-2-3-10(14)9-11/h2-9,15H,1H3. The van der Waals surface area contributed by atoms with Crippen molar-refractivity contribution in [1.29, 1.82) is 0 Å². The number of anilines is 1. The maximum absolute atomic E-state index is 12.2. The maximum atomic E-state index is 12.2. The molecule has 6 heteroatoms. The molecule has 0 aromatic heterocycles. The second-order valence-corrected chi connectivity index (χ2v) is 7.27. The van der Waals surface area contributed by atoms with E-state index in [4.69, 9.17) is 0 Å². The molecule has 0 saturated heterocycles. The fraction of sp³-hybridized carbons (Fsp3) is 0.0769. The largest absolute Gasteiger partial charge is 0.280 e. The first-order chi connectivity index (χ1) is 9.01. The van der Waals surface area contributed by atoms with Crippen LogP contribution in [0.2, 0.25) is 0 Å². The summed E-state index contributed by atoms with van der Waals surface area (Å²) < 4.78 is 27.7. The Labute approximate surface area is 125 Å². The number of nitrogens with one attached hydrogen (secondary N) is 1. The summed E-state index contributed by atoms with van der Waals surface area (Å²) >= 11 is 4.88. The van der Waals surface area contributed by atoms with Crippen LogP contribution < -0.4 is 4.72 Å². The van der Waals surface area contributed by atoms with Crippen LogP contribution in [0.15, 0.2) is 62.8 Å². The van der Waals surface area contributed by atoms with E-state index in [0.29, 0.717) is 5.69 Å². The number of rotatable bonds is 4. The van der Waals surface area contributed by atoms with E-state index in [0.717, 1.165) is 9.37 Å². The third kappa shape index (κ3) is 3.75. The summed E-state index contributed by atoms with van der Waals surface area (Å²) in [6.07, 6.45) is 1.95. The van der Waals surface area contributed by atoms with Crippen molar-refractivity contribution >= 4 is 43.4 Å². The van der Waals surface area contributed by atoms with Crippen LogP contribution in [0.25, 0.3) is 0 Å². The number of hydrogen-bond donors (Lipinski definition) is 1. The van der Waals surface area contributed by atoms with Crippen LogP contribution in [-0.4, -0.2) is 14.7 Å². The quantitative estimate of drug-likeness (QED) is 0.842. The Hall–Kier alpha value is -0.980. The molecule has 0 unspecified atom stereocenters. The van der Waals surface area contributed by atoms with E-state index in [1.165, 1.54) is 0 Å². The highest BCUT2D eigenvalue weighted by molar-refractivity contribution is 9.10. The Bertz CT molecular complexity index is 669. The molecule has 1 N–H and O–H groups in total. The topological polar surface area (TPSA) is 46.2 Å². The predicted molar refractivity (Wildman–Crippen MR) is 83.2 cm³/mol. The molecule has 0 amide bonds. The monoisotopic (exact) mass is 357 g/mol. The second kappa shape index (κ2) is 5.98. The Balaban J connectivity index is 2.27. The first-order valence-corrected chi connectivity index (χ1v) is 8.94. The lowest BCUT2D eigenvalue weighted by Gasteiger charge is -2.08. The van der Waals surface area contributed by atoms with E-state index < -0.39 is 10.0 Å². The minimum absolute atomic E-state index is 0.255. The Kier molecular flexibility index (Phi) is 4.54. The van der Waals surface area contributed by atoms with E-state index in [-0.39, 0.29) is 4.90 Å². The van der Waals surface area contributed by atoms with Crippen LogP contribution in [-0.2, 0) is 10.0 Å². The normalized spacial score (nSPS) is 11.3. The zero-order chi connectivity index (χ0) is 13.9. The van der Waals surface area contributed by atoms with Crippen LogP contribution in [0.3, 0.4) is 0 Å². The molecule has 0 bridgehead atoms. The van der Waals surface area contributed by atoms with Gasteiger partial charge in [-0.25, -0.2) is 8.42 Å². The number of halogens is 1. The highest BCUT2D eigenvalue weighted by atomic mass is 79.9. The summed E-state index contributed by atoms with van der Waals surface area (Å²) in [7, 11) is -3.54. The summed E-state index contributed by atoms with van der Waals surface area (Å²) in [6.45, 7) is 0. The number of thioether (sulfide) groups is 1. The summed E-state index contributed by atoms with van der Waals surface area (Å²) in [4.78, 5) is 1.28. The van der Waals surface area contributed by atoms with Gasteiger partial charge in [0, 0.05) is 15.1 Å². The number of hydrogen-bond acceptors (Lipinski definition) is 3. The predicted octanol–water partition coefficient (Wildman–Crippen LogP) is 3.97. The zero-order valence-corrected chi connectivity index (χ0v) is 13.3. The van der Waals surface area contributed by atoms with Gasteiger partial charge < -0.3 is 0 Å². The summed E-state index contributed by atoms with van der Waals surface area (Å²) in [6, 6.07) is 13.8. The Morgan fingerprint density at radius 2 is 1.79 bits per heavy atom. The molecule has 0 fully saturated rings. The minimum atomic E-state index is -3.54. The van der Waals surface area contributed by atoms with Crippen LogP contribution in [0, 0.1) is 0 Å². The maximum Gasteiger partial charge on any atom is 0.261 e. The molecule has 0 aliphatic carbocycles. The van der Waals surface area contributed by atoms with E-state index in [9.17, 15) is 8.42 Å². The van der Waals surface area contributed by atoms with Crippen molar-refractivity contribution in [2.45, 2.75) is 9.79 Å². The molecule has 2 aromatic carbocycles. The van der Waals surface area contributed by atoms with Crippen LogP contribution in [0.1, 0.15) is 0 Å². The lowest BCUT2D eigenvalue weighted by molar-refractivity contribution is 0.601. The first-order valence-electron chi connectivity index (χ1n) is 5.44. The summed E-state index contributed by atoms with van der Waals surface area (Å²) in [5.41, 5.74) is 0.531. The molecule has 3 nitrogen and oxygen atoms in total. The molecule has 2 rings (SSSR count). The smallest absolute Gasteiger partial charge is 0.261 e. The molecule has 100 valence electrons. The van der Waals surface area contributed by atoms with Gasteiger partial charge >= 0.3 is 0 Å². The molecule has 19 heavy (non-hydrogen) atoms. The van der Waals surface area contributed by atoms with Crippen molar-refractivity contribution in [3.63, 3.8) is 0 Å². The van der Waals surface area contributed by atoms with Crippen molar-refractivity contribution in [3.8, 4) is 0 Å². The summed E-state index contributed by atoms with van der Waals surface area (Å²) in [5, 5.41) is 0. The van der Waals surface area contributed by atoms with Gasteiger partial charge in [0.25, 0.3) is 10.0 Å². The molecular formula is C13H12BrNO2S2. The zero-order valence-electron chi connectivity index (χ0n) is 10.1. The van der Waals surface area contributed by atoms with E-state index in [1.807, 2.05) is 12.3 Å². The average Bonchev–Trinajstić information content (AvgIpc) is 2.38. The van der Waals surface area contributed by atoms with E-state index >= 15 is 0 Å². The van der Waals surface area contributed by atoms with Crippen molar-refractivity contribution in [1.82, 2.24) is 0 Å². The van der Waals surface area contributed by atoms with Gasteiger partial charge in [-0.15, -0.1) is 11.8 Å². The fourth-order valence-corrected chi connectivity index (χ4v) is 3.38. The number of benzene rings is 2. The van der Waals surface area contributed by atoms with Gasteiger partial charge in [-0.2, -0.15) is 0 Å². The van der Waals surface area contributed by atoms with E-state index in [2.05, 4.69) is 20.7 Å².